The van der Waals surface area contributed by atoms with Crippen LogP contribution in [0.5, 0.6) is 0 Å². The lowest BCUT2D eigenvalue weighted by Gasteiger charge is -2.40. The molecule has 3 fully saturated rings. The van der Waals surface area contributed by atoms with Crippen molar-refractivity contribution >= 4 is 21.6 Å². The molecule has 0 bridgehead atoms. The number of nitrogens with two attached hydrogens (primary N) is 1. The van der Waals surface area contributed by atoms with Crippen LogP contribution in [-0.4, -0.2) is 49.7 Å². The Balaban J connectivity index is 1.55. The maximum Gasteiger partial charge on any atom is 0.150 e. The summed E-state index contributed by atoms with van der Waals surface area (Å²) in [6.45, 7) is 0.821. The molecule has 0 aromatic heterocycles. The highest BCUT2D eigenvalue weighted by Gasteiger charge is 2.42. The van der Waals surface area contributed by atoms with E-state index in [-0.39, 0.29) is 17.6 Å². The van der Waals surface area contributed by atoms with Gasteiger partial charge >= 0.3 is 0 Å². The lowest BCUT2D eigenvalue weighted by atomic mass is 9.79. The molecule has 20 heavy (non-hydrogen) atoms. The zero-order valence-corrected chi connectivity index (χ0v) is 13.6. The molecule has 0 aliphatic carbocycles. The highest BCUT2D eigenvalue weighted by molar-refractivity contribution is 7.99. The summed E-state index contributed by atoms with van der Waals surface area (Å²) in [7, 11) is -2.78. The number of ether oxygens (including phenoxy) is 1. The van der Waals surface area contributed by atoms with E-state index in [0.29, 0.717) is 17.4 Å². The Morgan fingerprint density at radius 2 is 2.25 bits per heavy atom. The van der Waals surface area contributed by atoms with Crippen LogP contribution in [-0.2, 0) is 14.6 Å². The van der Waals surface area contributed by atoms with Crippen LogP contribution in [0.25, 0.3) is 0 Å². The van der Waals surface area contributed by atoms with E-state index in [1.54, 1.807) is 0 Å². The van der Waals surface area contributed by atoms with E-state index in [4.69, 9.17) is 10.5 Å². The van der Waals surface area contributed by atoms with E-state index in [2.05, 4.69) is 0 Å². The van der Waals surface area contributed by atoms with Crippen LogP contribution in [0.2, 0.25) is 0 Å². The average molecular weight is 319 g/mol. The molecule has 2 N–H and O–H groups in total. The fraction of sp³-hybridized carbons (Fsp3) is 1.00. The number of sulfone groups is 1. The normalized spacial score (nSPS) is 42.0. The number of hydrogen-bond acceptors (Lipinski definition) is 5. The third kappa shape index (κ3) is 3.34. The van der Waals surface area contributed by atoms with Gasteiger partial charge in [-0.1, -0.05) is 0 Å². The standard InChI is InChI=1S/C14H25NO3S2/c15-13(7-11-2-6-20(16,17)9-11)12-1-4-18-14(8-12)3-5-19-10-14/h11-13H,1-10,15H2. The number of thioether (sulfide) groups is 1. The van der Waals surface area contributed by atoms with Gasteiger partial charge in [0.25, 0.3) is 0 Å². The first-order valence-corrected chi connectivity index (χ1v) is 10.6. The Hall–Kier alpha value is 0.220. The van der Waals surface area contributed by atoms with E-state index < -0.39 is 9.84 Å². The monoisotopic (exact) mass is 319 g/mol. The molecular weight excluding hydrogens is 294 g/mol. The fourth-order valence-corrected chi connectivity index (χ4v) is 7.19. The summed E-state index contributed by atoms with van der Waals surface area (Å²) in [4.78, 5) is 0. The fourth-order valence-electron chi connectivity index (χ4n) is 3.93. The molecule has 3 aliphatic heterocycles. The summed E-state index contributed by atoms with van der Waals surface area (Å²) < 4.78 is 29.1. The largest absolute Gasteiger partial charge is 0.374 e. The molecule has 3 aliphatic rings. The summed E-state index contributed by atoms with van der Waals surface area (Å²) in [6, 6.07) is 0.139. The molecule has 3 heterocycles. The van der Waals surface area contributed by atoms with Gasteiger partial charge in [0.2, 0.25) is 0 Å². The summed E-state index contributed by atoms with van der Waals surface area (Å²) >= 11 is 1.98. The molecule has 0 aromatic rings. The minimum Gasteiger partial charge on any atom is -0.374 e. The van der Waals surface area contributed by atoms with Gasteiger partial charge in [0.15, 0.2) is 9.84 Å². The van der Waals surface area contributed by atoms with Crippen molar-refractivity contribution in [3.8, 4) is 0 Å². The van der Waals surface area contributed by atoms with Gasteiger partial charge in [-0.05, 0) is 49.7 Å². The molecule has 4 nitrogen and oxygen atoms in total. The predicted octanol–water partition coefficient (Wildman–Crippen LogP) is 1.44. The van der Waals surface area contributed by atoms with Crippen molar-refractivity contribution in [3.63, 3.8) is 0 Å². The molecule has 0 saturated carbocycles. The molecule has 4 atom stereocenters. The van der Waals surface area contributed by atoms with Gasteiger partial charge in [-0.15, -0.1) is 0 Å². The first-order chi connectivity index (χ1) is 9.48. The molecule has 0 aromatic carbocycles. The van der Waals surface area contributed by atoms with Crippen molar-refractivity contribution in [2.75, 3.05) is 29.6 Å². The highest BCUT2D eigenvalue weighted by Crippen LogP contribution is 2.42. The zero-order chi connectivity index (χ0) is 14.2. The van der Waals surface area contributed by atoms with Crippen LogP contribution in [0.3, 0.4) is 0 Å². The minimum absolute atomic E-state index is 0.0763. The number of rotatable bonds is 3. The van der Waals surface area contributed by atoms with Crippen molar-refractivity contribution in [2.24, 2.45) is 17.6 Å². The van der Waals surface area contributed by atoms with E-state index in [1.807, 2.05) is 11.8 Å². The second kappa shape index (κ2) is 5.78. The second-order valence-electron chi connectivity index (χ2n) is 6.76. The van der Waals surface area contributed by atoms with Crippen LogP contribution in [0, 0.1) is 11.8 Å². The van der Waals surface area contributed by atoms with Crippen LogP contribution in [0.4, 0.5) is 0 Å². The Morgan fingerprint density at radius 3 is 2.90 bits per heavy atom. The van der Waals surface area contributed by atoms with Crippen molar-refractivity contribution in [3.05, 3.63) is 0 Å². The van der Waals surface area contributed by atoms with Gasteiger partial charge < -0.3 is 10.5 Å². The SMILES string of the molecule is NC(CC1CCS(=O)(=O)C1)C1CCOC2(CCSC2)C1. The van der Waals surface area contributed by atoms with Gasteiger partial charge in [-0.3, -0.25) is 0 Å². The first-order valence-electron chi connectivity index (χ1n) is 7.66. The van der Waals surface area contributed by atoms with Gasteiger partial charge in [-0.25, -0.2) is 8.42 Å². The van der Waals surface area contributed by atoms with E-state index >= 15 is 0 Å². The van der Waals surface area contributed by atoms with E-state index in [0.717, 1.165) is 44.5 Å². The molecular formula is C14H25NO3S2. The quantitative estimate of drug-likeness (QED) is 0.852. The van der Waals surface area contributed by atoms with Gasteiger partial charge in [0.05, 0.1) is 17.1 Å². The summed E-state index contributed by atoms with van der Waals surface area (Å²) in [5, 5.41) is 0. The lowest BCUT2D eigenvalue weighted by molar-refractivity contribution is -0.0840. The first kappa shape index (κ1) is 15.1. The van der Waals surface area contributed by atoms with E-state index in [9.17, 15) is 8.42 Å². The van der Waals surface area contributed by atoms with Crippen LogP contribution in [0.1, 0.15) is 32.1 Å². The molecule has 3 rings (SSSR count). The van der Waals surface area contributed by atoms with Crippen LogP contribution < -0.4 is 5.73 Å². The highest BCUT2D eigenvalue weighted by atomic mass is 32.2. The van der Waals surface area contributed by atoms with E-state index in [1.165, 1.54) is 5.75 Å². The third-order valence-electron chi connectivity index (χ3n) is 5.14. The lowest BCUT2D eigenvalue weighted by Crippen LogP contribution is -2.46. The van der Waals surface area contributed by atoms with Crippen molar-refractivity contribution in [1.82, 2.24) is 0 Å². The Labute approximate surface area is 126 Å². The van der Waals surface area contributed by atoms with Gasteiger partial charge in [0.1, 0.15) is 0 Å². The summed E-state index contributed by atoms with van der Waals surface area (Å²) in [6.07, 6.45) is 4.93. The van der Waals surface area contributed by atoms with Gasteiger partial charge in [0, 0.05) is 18.4 Å². The Morgan fingerprint density at radius 1 is 1.40 bits per heavy atom. The van der Waals surface area contributed by atoms with Crippen molar-refractivity contribution in [2.45, 2.75) is 43.7 Å². The zero-order valence-electron chi connectivity index (χ0n) is 11.9. The predicted molar refractivity (Wildman–Crippen MR) is 82.7 cm³/mol. The maximum atomic E-state index is 11.5. The summed E-state index contributed by atoms with van der Waals surface area (Å²) in [5.41, 5.74) is 6.49. The maximum absolute atomic E-state index is 11.5. The third-order valence-corrected chi connectivity index (χ3v) is 8.20. The van der Waals surface area contributed by atoms with Crippen LogP contribution >= 0.6 is 11.8 Å². The molecule has 1 spiro atoms. The molecule has 4 unspecified atom stereocenters. The second-order valence-corrected chi connectivity index (χ2v) is 10.1. The molecule has 0 radical (unpaired) electrons. The summed E-state index contributed by atoms with van der Waals surface area (Å²) in [5.74, 6) is 3.80. The molecule has 116 valence electrons. The molecule has 6 heteroatoms. The Kier molecular flexibility index (Phi) is 4.37. The smallest absolute Gasteiger partial charge is 0.150 e. The molecule has 0 amide bonds. The van der Waals surface area contributed by atoms with Crippen molar-refractivity contribution < 1.29 is 13.2 Å². The molecule has 3 saturated heterocycles. The topological polar surface area (TPSA) is 69.4 Å². The minimum atomic E-state index is -2.78. The van der Waals surface area contributed by atoms with Crippen LogP contribution in [0.15, 0.2) is 0 Å². The Bertz CT molecular complexity index is 445. The average Bonchev–Trinajstić information content (AvgIpc) is 2.97. The van der Waals surface area contributed by atoms with Crippen molar-refractivity contribution in [1.29, 1.82) is 0 Å². The number of hydrogen-bond donors (Lipinski definition) is 1. The van der Waals surface area contributed by atoms with Gasteiger partial charge in [-0.2, -0.15) is 11.8 Å².